The van der Waals surface area contributed by atoms with Crippen LogP contribution in [-0.2, 0) is 12.8 Å². The lowest BCUT2D eigenvalue weighted by atomic mass is 10.2. The van der Waals surface area contributed by atoms with Gasteiger partial charge in [-0.2, -0.15) is 0 Å². The van der Waals surface area contributed by atoms with Crippen LogP contribution in [0, 0.1) is 11.7 Å². The molecule has 3 heterocycles. The van der Waals surface area contributed by atoms with Gasteiger partial charge in [0.05, 0.1) is 0 Å². The number of aromatic amines is 1. The lowest BCUT2D eigenvalue weighted by Crippen LogP contribution is -2.11. The molecule has 0 amide bonds. The van der Waals surface area contributed by atoms with Crippen molar-refractivity contribution in [1.82, 2.24) is 19.2 Å². The Morgan fingerprint density at radius 2 is 2.04 bits per heavy atom. The highest BCUT2D eigenvalue weighted by Crippen LogP contribution is 2.32. The molecule has 1 aliphatic rings. The molecule has 120 valence electrons. The van der Waals surface area contributed by atoms with E-state index < -0.39 is 0 Å². The largest absolute Gasteiger partial charge is 0.287 e. The fourth-order valence-electron chi connectivity index (χ4n) is 3.48. The van der Waals surface area contributed by atoms with Crippen LogP contribution in [0.1, 0.15) is 22.4 Å². The smallest absolute Gasteiger partial charge is 0.240 e. The summed E-state index contributed by atoms with van der Waals surface area (Å²) < 4.78 is 4.34. The van der Waals surface area contributed by atoms with E-state index in [1.807, 2.05) is 40.2 Å². The highest BCUT2D eigenvalue weighted by molar-refractivity contribution is 7.71. The van der Waals surface area contributed by atoms with Gasteiger partial charge in [-0.1, -0.05) is 17.7 Å². The number of nitrogens with zero attached hydrogens (tertiary/aromatic N) is 3. The first-order valence-corrected chi connectivity index (χ1v) is 9.11. The first-order chi connectivity index (χ1) is 11.6. The predicted molar refractivity (Wildman–Crippen MR) is 98.1 cm³/mol. The van der Waals surface area contributed by atoms with Crippen LogP contribution in [0.3, 0.4) is 0 Å². The van der Waals surface area contributed by atoms with Crippen molar-refractivity contribution in [3.05, 3.63) is 55.3 Å². The molecule has 0 saturated carbocycles. The van der Waals surface area contributed by atoms with E-state index in [2.05, 4.69) is 10.2 Å². The van der Waals surface area contributed by atoms with Gasteiger partial charge in [0.1, 0.15) is 10.3 Å². The molecule has 24 heavy (non-hydrogen) atoms. The molecule has 0 radical (unpaired) electrons. The molecule has 1 aromatic carbocycles. The summed E-state index contributed by atoms with van der Waals surface area (Å²) >= 11 is 7.08. The summed E-state index contributed by atoms with van der Waals surface area (Å²) in [6, 6.07) is 8.12. The van der Waals surface area contributed by atoms with Crippen LogP contribution in [-0.4, -0.2) is 19.2 Å². The van der Waals surface area contributed by atoms with E-state index in [-0.39, 0.29) is 5.43 Å². The number of aryl methyl sites for hydroxylation is 2. The maximum atomic E-state index is 13.2. The third-order valence-corrected chi connectivity index (χ3v) is 6.19. The van der Waals surface area contributed by atoms with Crippen LogP contribution < -0.4 is 5.43 Å². The molecule has 4 aromatic rings. The molecular formula is C17H14N4OS2. The van der Waals surface area contributed by atoms with Crippen molar-refractivity contribution in [2.24, 2.45) is 0 Å². The molecule has 3 aromatic heterocycles. The summed E-state index contributed by atoms with van der Waals surface area (Å²) in [5.41, 5.74) is 3.88. The molecule has 5 rings (SSSR count). The average Bonchev–Trinajstić information content (AvgIpc) is 3.25. The Morgan fingerprint density at radius 1 is 1.25 bits per heavy atom. The van der Waals surface area contributed by atoms with Crippen molar-refractivity contribution >= 4 is 39.7 Å². The fourth-order valence-corrected chi connectivity index (χ4v) is 5.10. The number of rotatable bonds is 1. The van der Waals surface area contributed by atoms with Crippen molar-refractivity contribution in [2.75, 3.05) is 0 Å². The Labute approximate surface area is 146 Å². The summed E-state index contributed by atoms with van der Waals surface area (Å²) in [7, 11) is 0. The number of hydrogen-bond acceptors (Lipinski definition) is 4. The monoisotopic (exact) mass is 354 g/mol. The standard InChI is InChI=1S/C17H14N4OS2/c1-9-5-7-10(8-6-9)20-13-14(22)11-3-2-4-12(11)24-15(13)21-16(20)18-19-17(21)23/h5-8H,2-4H2,1H3,(H,19,23). The minimum atomic E-state index is 0.122. The van der Waals surface area contributed by atoms with Crippen molar-refractivity contribution in [1.29, 1.82) is 0 Å². The van der Waals surface area contributed by atoms with E-state index in [1.165, 1.54) is 10.4 Å². The molecule has 0 saturated heterocycles. The molecular weight excluding hydrogens is 340 g/mol. The first kappa shape index (κ1) is 14.1. The molecule has 0 spiro atoms. The van der Waals surface area contributed by atoms with Gasteiger partial charge in [0.2, 0.25) is 16.0 Å². The Kier molecular flexibility index (Phi) is 2.87. The van der Waals surface area contributed by atoms with Gasteiger partial charge in [-0.15, -0.1) is 16.4 Å². The summed E-state index contributed by atoms with van der Waals surface area (Å²) in [6.45, 7) is 2.05. The Bertz CT molecular complexity index is 1220. The van der Waals surface area contributed by atoms with Crippen LogP contribution in [0.15, 0.2) is 29.1 Å². The molecule has 0 unspecified atom stereocenters. The van der Waals surface area contributed by atoms with Gasteiger partial charge in [0.15, 0.2) is 0 Å². The summed E-state index contributed by atoms with van der Waals surface area (Å²) in [5, 5.41) is 7.23. The fraction of sp³-hybridized carbons (Fsp3) is 0.235. The summed E-state index contributed by atoms with van der Waals surface area (Å²) in [6.07, 6.45) is 2.90. The second-order valence-corrected chi connectivity index (χ2v) is 7.65. The Morgan fingerprint density at radius 3 is 2.83 bits per heavy atom. The molecule has 0 atom stereocenters. The normalized spacial score (nSPS) is 13.9. The second kappa shape index (κ2) is 4.87. The number of H-pyrrole nitrogens is 1. The van der Waals surface area contributed by atoms with E-state index in [4.69, 9.17) is 12.2 Å². The quantitative estimate of drug-likeness (QED) is 0.532. The van der Waals surface area contributed by atoms with Crippen molar-refractivity contribution in [2.45, 2.75) is 26.2 Å². The van der Waals surface area contributed by atoms with E-state index in [0.29, 0.717) is 16.1 Å². The van der Waals surface area contributed by atoms with Gasteiger partial charge in [-0.25, -0.2) is 9.50 Å². The summed E-state index contributed by atoms with van der Waals surface area (Å²) in [4.78, 5) is 15.2. The van der Waals surface area contributed by atoms with Gasteiger partial charge < -0.3 is 0 Å². The van der Waals surface area contributed by atoms with Gasteiger partial charge in [0.25, 0.3) is 0 Å². The minimum absolute atomic E-state index is 0.122. The number of hydrogen-bond donors (Lipinski definition) is 1. The van der Waals surface area contributed by atoms with Crippen LogP contribution in [0.5, 0.6) is 0 Å². The third-order valence-electron chi connectivity index (χ3n) is 4.65. The van der Waals surface area contributed by atoms with E-state index in [1.54, 1.807) is 11.3 Å². The molecule has 0 fully saturated rings. The van der Waals surface area contributed by atoms with Gasteiger partial charge in [-0.3, -0.25) is 9.36 Å². The van der Waals surface area contributed by atoms with Crippen LogP contribution in [0.2, 0.25) is 0 Å². The van der Waals surface area contributed by atoms with Crippen LogP contribution >= 0.6 is 23.6 Å². The van der Waals surface area contributed by atoms with Crippen LogP contribution in [0.25, 0.3) is 21.8 Å². The Hall–Kier alpha value is -2.25. The Balaban J connectivity index is 2.02. The predicted octanol–water partition coefficient (Wildman–Crippen LogP) is 3.55. The molecule has 1 N–H and O–H groups in total. The van der Waals surface area contributed by atoms with Gasteiger partial charge >= 0.3 is 0 Å². The molecule has 5 nitrogen and oxygen atoms in total. The number of imidazole rings is 1. The first-order valence-electron chi connectivity index (χ1n) is 7.88. The summed E-state index contributed by atoms with van der Waals surface area (Å²) in [5.74, 6) is 0.663. The van der Waals surface area contributed by atoms with E-state index >= 15 is 0 Å². The number of benzene rings is 1. The van der Waals surface area contributed by atoms with Crippen molar-refractivity contribution < 1.29 is 0 Å². The average molecular weight is 354 g/mol. The zero-order valence-electron chi connectivity index (χ0n) is 13.0. The number of fused-ring (bicyclic) bond motifs is 4. The van der Waals surface area contributed by atoms with Crippen LogP contribution in [0.4, 0.5) is 0 Å². The van der Waals surface area contributed by atoms with Gasteiger partial charge in [-0.05, 0) is 50.5 Å². The highest BCUT2D eigenvalue weighted by atomic mass is 32.1. The highest BCUT2D eigenvalue weighted by Gasteiger charge is 2.24. The maximum absolute atomic E-state index is 13.2. The molecule has 0 aliphatic heterocycles. The van der Waals surface area contributed by atoms with Crippen molar-refractivity contribution in [3.63, 3.8) is 0 Å². The minimum Gasteiger partial charge on any atom is -0.287 e. The lowest BCUT2D eigenvalue weighted by Gasteiger charge is -2.05. The van der Waals surface area contributed by atoms with E-state index in [0.717, 1.165) is 35.3 Å². The number of aromatic nitrogens is 4. The lowest BCUT2D eigenvalue weighted by molar-refractivity contribution is 0.913. The zero-order chi connectivity index (χ0) is 16.4. The molecule has 7 heteroatoms. The number of nitrogens with one attached hydrogen (secondary N) is 1. The van der Waals surface area contributed by atoms with Gasteiger partial charge in [0, 0.05) is 16.1 Å². The topological polar surface area (TPSA) is 55.1 Å². The zero-order valence-corrected chi connectivity index (χ0v) is 14.6. The molecule has 1 aliphatic carbocycles. The third kappa shape index (κ3) is 1.76. The maximum Gasteiger partial charge on any atom is 0.240 e. The SMILES string of the molecule is Cc1ccc(-n2c3c(=O)c4c(sc3n3c(=S)[nH]nc23)CCC4)cc1. The molecule has 0 bridgehead atoms. The second-order valence-electron chi connectivity index (χ2n) is 6.18. The van der Waals surface area contributed by atoms with Crippen molar-refractivity contribution in [3.8, 4) is 5.69 Å². The van der Waals surface area contributed by atoms with E-state index in [9.17, 15) is 4.79 Å².